The number of aromatic nitrogens is 1. The maximum Gasteiger partial charge on any atom is 0.0488 e. The summed E-state index contributed by atoms with van der Waals surface area (Å²) in [4.78, 5) is 3.62. The van der Waals surface area contributed by atoms with Crippen LogP contribution in [0.5, 0.6) is 0 Å². The van der Waals surface area contributed by atoms with Gasteiger partial charge in [-0.25, -0.2) is 0 Å². The van der Waals surface area contributed by atoms with Gasteiger partial charge < -0.3 is 10.3 Å². The molecule has 0 spiro atoms. The van der Waals surface area contributed by atoms with E-state index in [1.807, 2.05) is 0 Å². The number of hydrogen-bond acceptors (Lipinski definition) is 1. The molecule has 0 bridgehead atoms. The van der Waals surface area contributed by atoms with Crippen molar-refractivity contribution in [3.8, 4) is 0 Å². The maximum absolute atomic E-state index is 3.62. The van der Waals surface area contributed by atoms with Gasteiger partial charge in [-0.2, -0.15) is 0 Å². The van der Waals surface area contributed by atoms with E-state index in [0.29, 0.717) is 5.92 Å². The molecule has 2 N–H and O–H groups in total. The zero-order valence-corrected chi connectivity index (χ0v) is 9.72. The van der Waals surface area contributed by atoms with Crippen LogP contribution in [0.3, 0.4) is 0 Å². The minimum Gasteiger partial charge on any atom is -0.358 e. The summed E-state index contributed by atoms with van der Waals surface area (Å²) in [5.41, 5.74) is 4.17. The van der Waals surface area contributed by atoms with Gasteiger partial charge in [0.25, 0.3) is 0 Å². The third-order valence-corrected chi connectivity index (χ3v) is 3.64. The van der Waals surface area contributed by atoms with Crippen molar-refractivity contribution in [3.05, 3.63) is 35.5 Å². The molecule has 0 aliphatic carbocycles. The van der Waals surface area contributed by atoms with Gasteiger partial charge in [-0.05, 0) is 36.4 Å². The standard InChI is InChI=1S/C14H18N2/c1-2-10-4-3-5-11-8-13(16-14(10)11)12-6-7-15-9-12/h3-5,8,12,15-16H,2,6-7,9H2,1H3. The summed E-state index contributed by atoms with van der Waals surface area (Å²) in [6, 6.07) is 8.91. The third-order valence-electron chi connectivity index (χ3n) is 3.64. The Morgan fingerprint density at radius 1 is 1.38 bits per heavy atom. The Morgan fingerprint density at radius 2 is 2.31 bits per heavy atom. The van der Waals surface area contributed by atoms with E-state index in [-0.39, 0.29) is 0 Å². The molecular formula is C14H18N2. The molecule has 2 heterocycles. The Morgan fingerprint density at radius 3 is 3.06 bits per heavy atom. The Kier molecular flexibility index (Phi) is 2.44. The van der Waals surface area contributed by atoms with Gasteiger partial charge in [-0.3, -0.25) is 0 Å². The van der Waals surface area contributed by atoms with E-state index in [2.05, 4.69) is 41.5 Å². The van der Waals surface area contributed by atoms with Crippen LogP contribution in [-0.4, -0.2) is 18.1 Å². The van der Waals surface area contributed by atoms with Gasteiger partial charge in [0.15, 0.2) is 0 Å². The lowest BCUT2D eigenvalue weighted by molar-refractivity contribution is 0.743. The van der Waals surface area contributed by atoms with Crippen LogP contribution in [0.15, 0.2) is 24.3 Å². The second kappa shape index (κ2) is 3.95. The Bertz CT molecular complexity index is 492. The van der Waals surface area contributed by atoms with Crippen LogP contribution >= 0.6 is 0 Å². The van der Waals surface area contributed by atoms with Crippen molar-refractivity contribution in [1.82, 2.24) is 10.3 Å². The first-order valence-electron chi connectivity index (χ1n) is 6.19. The van der Waals surface area contributed by atoms with Crippen LogP contribution in [0, 0.1) is 0 Å². The van der Waals surface area contributed by atoms with E-state index in [9.17, 15) is 0 Å². The number of hydrogen-bond donors (Lipinski definition) is 2. The third kappa shape index (κ3) is 1.54. The zero-order valence-electron chi connectivity index (χ0n) is 9.72. The van der Waals surface area contributed by atoms with Crippen molar-refractivity contribution in [2.75, 3.05) is 13.1 Å². The first-order valence-corrected chi connectivity index (χ1v) is 6.19. The molecule has 1 aromatic heterocycles. The molecule has 1 fully saturated rings. The van der Waals surface area contributed by atoms with E-state index < -0.39 is 0 Å². The lowest BCUT2D eigenvalue weighted by Crippen LogP contribution is -2.07. The Hall–Kier alpha value is -1.28. The quantitative estimate of drug-likeness (QED) is 0.790. The average Bonchev–Trinajstić information content (AvgIpc) is 2.96. The molecular weight excluding hydrogens is 196 g/mol. The van der Waals surface area contributed by atoms with Crippen LogP contribution in [-0.2, 0) is 6.42 Å². The molecule has 1 aliphatic heterocycles. The van der Waals surface area contributed by atoms with E-state index in [1.165, 1.54) is 28.6 Å². The van der Waals surface area contributed by atoms with Crippen LogP contribution in [0.4, 0.5) is 0 Å². The molecule has 2 nitrogen and oxygen atoms in total. The highest BCUT2D eigenvalue weighted by Crippen LogP contribution is 2.27. The van der Waals surface area contributed by atoms with E-state index in [1.54, 1.807) is 0 Å². The molecule has 1 unspecified atom stereocenters. The number of aryl methyl sites for hydroxylation is 1. The van der Waals surface area contributed by atoms with Crippen molar-refractivity contribution in [2.24, 2.45) is 0 Å². The van der Waals surface area contributed by atoms with Crippen molar-refractivity contribution >= 4 is 10.9 Å². The van der Waals surface area contributed by atoms with Crippen LogP contribution in [0.1, 0.15) is 30.5 Å². The molecule has 3 rings (SSSR count). The van der Waals surface area contributed by atoms with Crippen molar-refractivity contribution in [1.29, 1.82) is 0 Å². The average molecular weight is 214 g/mol. The first kappa shape index (κ1) is 9.91. The lowest BCUT2D eigenvalue weighted by atomic mass is 10.1. The molecule has 16 heavy (non-hydrogen) atoms. The number of fused-ring (bicyclic) bond motifs is 1. The molecule has 2 heteroatoms. The molecule has 1 aliphatic rings. The molecule has 1 atom stereocenters. The van der Waals surface area contributed by atoms with Gasteiger partial charge in [-0.15, -0.1) is 0 Å². The van der Waals surface area contributed by atoms with Gasteiger partial charge in [0.2, 0.25) is 0 Å². The number of aromatic amines is 1. The van der Waals surface area contributed by atoms with Gasteiger partial charge in [-0.1, -0.05) is 25.1 Å². The molecule has 0 radical (unpaired) electrons. The SMILES string of the molecule is CCc1cccc2cc(C3CCNC3)[nH]c12. The highest BCUT2D eigenvalue weighted by atomic mass is 14.9. The zero-order chi connectivity index (χ0) is 11.0. The van der Waals surface area contributed by atoms with Gasteiger partial charge in [0.05, 0.1) is 0 Å². The van der Waals surface area contributed by atoms with Gasteiger partial charge in [0.1, 0.15) is 0 Å². The lowest BCUT2D eigenvalue weighted by Gasteiger charge is -2.04. The van der Waals surface area contributed by atoms with Crippen molar-refractivity contribution < 1.29 is 0 Å². The Labute approximate surface area is 96.1 Å². The summed E-state index contributed by atoms with van der Waals surface area (Å²) in [6.45, 7) is 4.49. The number of rotatable bonds is 2. The normalized spacial score (nSPS) is 20.7. The molecule has 84 valence electrons. The van der Waals surface area contributed by atoms with Gasteiger partial charge >= 0.3 is 0 Å². The number of nitrogens with one attached hydrogen (secondary N) is 2. The van der Waals surface area contributed by atoms with Crippen molar-refractivity contribution in [3.63, 3.8) is 0 Å². The predicted octanol–water partition coefficient (Wildman–Crippen LogP) is 2.81. The van der Waals surface area contributed by atoms with Crippen LogP contribution < -0.4 is 5.32 Å². The molecule has 0 saturated carbocycles. The highest BCUT2D eigenvalue weighted by molar-refractivity contribution is 5.83. The van der Waals surface area contributed by atoms with E-state index >= 15 is 0 Å². The summed E-state index contributed by atoms with van der Waals surface area (Å²) in [5.74, 6) is 0.678. The minimum atomic E-state index is 0.678. The molecule has 2 aromatic rings. The number of H-pyrrole nitrogens is 1. The fraction of sp³-hybridized carbons (Fsp3) is 0.429. The summed E-state index contributed by atoms with van der Waals surface area (Å²) in [7, 11) is 0. The summed E-state index contributed by atoms with van der Waals surface area (Å²) in [6.07, 6.45) is 2.36. The van der Waals surface area contributed by atoms with E-state index in [0.717, 1.165) is 19.5 Å². The number of benzene rings is 1. The fourth-order valence-electron chi connectivity index (χ4n) is 2.68. The van der Waals surface area contributed by atoms with Gasteiger partial charge in [0, 0.05) is 23.7 Å². The second-order valence-corrected chi connectivity index (χ2v) is 4.65. The van der Waals surface area contributed by atoms with Crippen molar-refractivity contribution in [2.45, 2.75) is 25.7 Å². The molecule has 0 amide bonds. The van der Waals surface area contributed by atoms with Crippen LogP contribution in [0.25, 0.3) is 10.9 Å². The maximum atomic E-state index is 3.62. The second-order valence-electron chi connectivity index (χ2n) is 4.65. The fourth-order valence-corrected chi connectivity index (χ4v) is 2.68. The largest absolute Gasteiger partial charge is 0.358 e. The Balaban J connectivity index is 2.07. The monoisotopic (exact) mass is 214 g/mol. The highest BCUT2D eigenvalue weighted by Gasteiger charge is 2.18. The summed E-state index contributed by atoms with van der Waals surface area (Å²) < 4.78 is 0. The van der Waals surface area contributed by atoms with E-state index in [4.69, 9.17) is 0 Å². The topological polar surface area (TPSA) is 27.8 Å². The smallest absolute Gasteiger partial charge is 0.0488 e. The predicted molar refractivity (Wildman–Crippen MR) is 67.9 cm³/mol. The molecule has 1 saturated heterocycles. The summed E-state index contributed by atoms with van der Waals surface area (Å²) >= 11 is 0. The number of para-hydroxylation sites is 1. The minimum absolute atomic E-state index is 0.678. The summed E-state index contributed by atoms with van der Waals surface area (Å²) in [5, 5.41) is 4.79. The van der Waals surface area contributed by atoms with Crippen LogP contribution in [0.2, 0.25) is 0 Å². The first-order chi connectivity index (χ1) is 7.88. The molecule has 1 aromatic carbocycles.